The first kappa shape index (κ1) is 15.3. The summed E-state index contributed by atoms with van der Waals surface area (Å²) in [5.41, 5.74) is 10.1. The van der Waals surface area contributed by atoms with Gasteiger partial charge in [-0.3, -0.25) is 4.90 Å². The highest BCUT2D eigenvalue weighted by Gasteiger charge is 2.37. The molecule has 0 amide bonds. The van der Waals surface area contributed by atoms with Gasteiger partial charge in [0.05, 0.1) is 13.2 Å². The third-order valence-electron chi connectivity index (χ3n) is 4.93. The molecule has 112 valence electrons. The Balaban J connectivity index is 2.37. The molecule has 2 rings (SSSR count). The van der Waals surface area contributed by atoms with E-state index in [0.717, 1.165) is 24.4 Å². The maximum atomic E-state index is 6.63. The van der Waals surface area contributed by atoms with E-state index in [1.54, 1.807) is 7.11 Å². The van der Waals surface area contributed by atoms with E-state index in [0.29, 0.717) is 0 Å². The van der Waals surface area contributed by atoms with Crippen LogP contribution in [0.25, 0.3) is 0 Å². The smallest absolute Gasteiger partial charge is 0.126 e. The van der Waals surface area contributed by atoms with Gasteiger partial charge in [0.2, 0.25) is 0 Å². The molecule has 1 atom stereocenters. The molecule has 0 saturated carbocycles. The number of hydrogen-bond acceptors (Lipinski definition) is 3. The van der Waals surface area contributed by atoms with Crippen LogP contribution in [0, 0.1) is 13.8 Å². The fourth-order valence-corrected chi connectivity index (χ4v) is 3.20. The van der Waals surface area contributed by atoms with Gasteiger partial charge in [-0.05, 0) is 64.8 Å². The summed E-state index contributed by atoms with van der Waals surface area (Å²) in [6, 6.07) is 4.23. The van der Waals surface area contributed by atoms with Crippen LogP contribution in [0.1, 0.15) is 49.4 Å². The van der Waals surface area contributed by atoms with E-state index < -0.39 is 0 Å². The Kier molecular flexibility index (Phi) is 4.40. The molecular formula is C17H28N2O. The Morgan fingerprint density at radius 3 is 2.35 bits per heavy atom. The van der Waals surface area contributed by atoms with Gasteiger partial charge >= 0.3 is 0 Å². The molecular weight excluding hydrogens is 248 g/mol. The molecule has 2 N–H and O–H groups in total. The fraction of sp³-hybridized carbons (Fsp3) is 0.647. The first-order chi connectivity index (χ1) is 9.39. The Labute approximate surface area is 123 Å². The van der Waals surface area contributed by atoms with Crippen LogP contribution in [0.4, 0.5) is 0 Å². The minimum absolute atomic E-state index is 0.0464. The second kappa shape index (κ2) is 5.74. The third kappa shape index (κ3) is 2.57. The predicted molar refractivity (Wildman–Crippen MR) is 84.3 cm³/mol. The average molecular weight is 276 g/mol. The lowest BCUT2D eigenvalue weighted by molar-refractivity contribution is 0.123. The molecule has 3 nitrogen and oxygen atoms in total. The van der Waals surface area contributed by atoms with E-state index in [-0.39, 0.29) is 11.6 Å². The van der Waals surface area contributed by atoms with Crippen molar-refractivity contribution in [3.05, 3.63) is 28.8 Å². The highest BCUT2D eigenvalue weighted by Crippen LogP contribution is 2.38. The highest BCUT2D eigenvalue weighted by molar-refractivity contribution is 5.47. The maximum absolute atomic E-state index is 6.63. The van der Waals surface area contributed by atoms with Crippen molar-refractivity contribution in [1.82, 2.24) is 4.90 Å². The SMILES string of the molecule is COc1c(C(N)C(C)(C)N2CCCC2)ccc(C)c1C. The van der Waals surface area contributed by atoms with Crippen LogP contribution >= 0.6 is 0 Å². The molecule has 1 aliphatic heterocycles. The topological polar surface area (TPSA) is 38.5 Å². The molecule has 0 spiro atoms. The number of ether oxygens (including phenoxy) is 1. The number of aryl methyl sites for hydroxylation is 1. The number of nitrogens with zero attached hydrogens (tertiary/aromatic N) is 1. The van der Waals surface area contributed by atoms with Gasteiger partial charge in [-0.25, -0.2) is 0 Å². The molecule has 0 bridgehead atoms. The van der Waals surface area contributed by atoms with Crippen LogP contribution in [0.2, 0.25) is 0 Å². The van der Waals surface area contributed by atoms with Crippen molar-refractivity contribution in [2.24, 2.45) is 5.73 Å². The number of methoxy groups -OCH3 is 1. The number of benzene rings is 1. The lowest BCUT2D eigenvalue weighted by atomic mass is 9.86. The number of hydrogen-bond donors (Lipinski definition) is 1. The summed E-state index contributed by atoms with van der Waals surface area (Å²) >= 11 is 0. The number of likely N-dealkylation sites (tertiary alicyclic amines) is 1. The molecule has 0 aromatic heterocycles. The van der Waals surface area contributed by atoms with Gasteiger partial charge in [-0.15, -0.1) is 0 Å². The summed E-state index contributed by atoms with van der Waals surface area (Å²) in [5, 5.41) is 0. The van der Waals surface area contributed by atoms with Crippen molar-refractivity contribution in [2.45, 2.75) is 52.1 Å². The first-order valence-electron chi connectivity index (χ1n) is 7.54. The second-order valence-corrected chi connectivity index (χ2v) is 6.46. The summed E-state index contributed by atoms with van der Waals surface area (Å²) < 4.78 is 5.64. The van der Waals surface area contributed by atoms with Gasteiger partial charge in [-0.2, -0.15) is 0 Å². The monoisotopic (exact) mass is 276 g/mol. The van der Waals surface area contributed by atoms with Gasteiger partial charge in [0, 0.05) is 11.1 Å². The van der Waals surface area contributed by atoms with Crippen LogP contribution in [0.5, 0.6) is 5.75 Å². The van der Waals surface area contributed by atoms with Crippen LogP contribution in [-0.4, -0.2) is 30.6 Å². The molecule has 0 radical (unpaired) electrons. The molecule has 3 heteroatoms. The third-order valence-corrected chi connectivity index (χ3v) is 4.93. The van der Waals surface area contributed by atoms with Crippen LogP contribution in [0.15, 0.2) is 12.1 Å². The van der Waals surface area contributed by atoms with Crippen LogP contribution in [0.3, 0.4) is 0 Å². The van der Waals surface area contributed by atoms with Gasteiger partial charge in [-0.1, -0.05) is 12.1 Å². The van der Waals surface area contributed by atoms with Crippen LogP contribution < -0.4 is 10.5 Å². The van der Waals surface area contributed by atoms with E-state index in [1.165, 1.54) is 24.0 Å². The lowest BCUT2D eigenvalue weighted by Crippen LogP contribution is -2.50. The van der Waals surface area contributed by atoms with Gasteiger partial charge in [0.15, 0.2) is 0 Å². The van der Waals surface area contributed by atoms with Crippen molar-refractivity contribution in [3.63, 3.8) is 0 Å². The Bertz CT molecular complexity index is 476. The maximum Gasteiger partial charge on any atom is 0.126 e. The van der Waals surface area contributed by atoms with E-state index in [2.05, 4.69) is 44.7 Å². The minimum atomic E-state index is -0.0501. The molecule has 1 saturated heterocycles. The molecule has 1 heterocycles. The van der Waals surface area contributed by atoms with Crippen molar-refractivity contribution in [1.29, 1.82) is 0 Å². The Hall–Kier alpha value is -1.06. The summed E-state index contributed by atoms with van der Waals surface area (Å²) in [5.74, 6) is 0.949. The molecule has 1 aliphatic rings. The van der Waals surface area contributed by atoms with Crippen LogP contribution in [-0.2, 0) is 0 Å². The number of rotatable bonds is 4. The summed E-state index contributed by atoms with van der Waals surface area (Å²) in [6.45, 7) is 11.0. The lowest BCUT2D eigenvalue weighted by Gasteiger charge is -2.41. The summed E-state index contributed by atoms with van der Waals surface area (Å²) in [7, 11) is 1.74. The first-order valence-corrected chi connectivity index (χ1v) is 7.54. The van der Waals surface area contributed by atoms with Crippen molar-refractivity contribution in [2.75, 3.05) is 20.2 Å². The zero-order chi connectivity index (χ0) is 14.9. The van der Waals surface area contributed by atoms with Crippen molar-refractivity contribution >= 4 is 0 Å². The minimum Gasteiger partial charge on any atom is -0.496 e. The second-order valence-electron chi connectivity index (χ2n) is 6.46. The van der Waals surface area contributed by atoms with E-state index in [4.69, 9.17) is 10.5 Å². The summed E-state index contributed by atoms with van der Waals surface area (Å²) in [6.07, 6.45) is 2.56. The zero-order valence-electron chi connectivity index (χ0n) is 13.5. The summed E-state index contributed by atoms with van der Waals surface area (Å²) in [4.78, 5) is 2.51. The van der Waals surface area contributed by atoms with E-state index >= 15 is 0 Å². The van der Waals surface area contributed by atoms with E-state index in [9.17, 15) is 0 Å². The zero-order valence-corrected chi connectivity index (χ0v) is 13.5. The number of nitrogens with two attached hydrogens (primary N) is 1. The molecule has 1 aromatic carbocycles. The van der Waals surface area contributed by atoms with Gasteiger partial charge < -0.3 is 10.5 Å². The quantitative estimate of drug-likeness (QED) is 0.918. The van der Waals surface area contributed by atoms with Gasteiger partial charge in [0.1, 0.15) is 5.75 Å². The van der Waals surface area contributed by atoms with Gasteiger partial charge in [0.25, 0.3) is 0 Å². The largest absolute Gasteiger partial charge is 0.496 e. The van der Waals surface area contributed by atoms with Crippen molar-refractivity contribution < 1.29 is 4.74 Å². The Morgan fingerprint density at radius 2 is 1.80 bits per heavy atom. The standard InChI is InChI=1S/C17H28N2O/c1-12-8-9-14(15(20-5)13(12)2)16(18)17(3,4)19-10-6-7-11-19/h8-9,16H,6-7,10-11,18H2,1-5H3. The highest BCUT2D eigenvalue weighted by atomic mass is 16.5. The molecule has 1 fully saturated rings. The molecule has 20 heavy (non-hydrogen) atoms. The molecule has 1 aromatic rings. The van der Waals surface area contributed by atoms with E-state index in [1.807, 2.05) is 0 Å². The average Bonchev–Trinajstić information content (AvgIpc) is 2.95. The molecule has 1 unspecified atom stereocenters. The Morgan fingerprint density at radius 1 is 1.20 bits per heavy atom. The fourth-order valence-electron chi connectivity index (χ4n) is 3.20. The molecule has 0 aliphatic carbocycles. The predicted octanol–water partition coefficient (Wildman–Crippen LogP) is 3.19. The van der Waals surface area contributed by atoms with Crippen molar-refractivity contribution in [3.8, 4) is 5.75 Å². The normalized spacial score (nSPS) is 18.3.